The van der Waals surface area contributed by atoms with Crippen LogP contribution in [0.2, 0.25) is 0 Å². The molecule has 0 amide bonds. The van der Waals surface area contributed by atoms with Crippen LogP contribution in [-0.2, 0) is 13.1 Å². The molecule has 1 aliphatic carbocycles. The molecule has 0 unspecified atom stereocenters. The minimum atomic E-state index is -0.0516. The van der Waals surface area contributed by atoms with Gasteiger partial charge < -0.3 is 5.32 Å². The molecule has 1 aliphatic rings. The minimum Gasteiger partial charge on any atom is -0.378 e. The molecule has 4 nitrogen and oxygen atoms in total. The van der Waals surface area contributed by atoms with Gasteiger partial charge in [-0.25, -0.2) is 4.68 Å². The summed E-state index contributed by atoms with van der Waals surface area (Å²) in [4.78, 5) is 14.7. The first-order valence-electron chi connectivity index (χ1n) is 6.68. The number of nitrogens with zero attached hydrogens (tertiary/aromatic N) is 2. The molecule has 2 aromatic rings. The molecule has 1 saturated carbocycles. The average Bonchev–Trinajstić information content (AvgIpc) is 3.15. The summed E-state index contributed by atoms with van der Waals surface area (Å²) in [5, 5.41) is 7.52. The van der Waals surface area contributed by atoms with E-state index in [4.69, 9.17) is 0 Å². The molecule has 106 valence electrons. The van der Waals surface area contributed by atoms with E-state index in [9.17, 15) is 4.79 Å². The van der Waals surface area contributed by atoms with Crippen LogP contribution >= 0.6 is 27.3 Å². The van der Waals surface area contributed by atoms with Crippen molar-refractivity contribution in [3.63, 3.8) is 0 Å². The second-order valence-electron chi connectivity index (χ2n) is 5.17. The van der Waals surface area contributed by atoms with Crippen molar-refractivity contribution in [3.8, 4) is 0 Å². The van der Waals surface area contributed by atoms with E-state index in [0.717, 1.165) is 12.2 Å². The van der Waals surface area contributed by atoms with Gasteiger partial charge in [0.15, 0.2) is 0 Å². The number of nitrogens with one attached hydrogen (secondary N) is 1. The number of thiophene rings is 1. The lowest BCUT2D eigenvalue weighted by Gasteiger charge is -2.09. The van der Waals surface area contributed by atoms with Crippen molar-refractivity contribution < 1.29 is 0 Å². The largest absolute Gasteiger partial charge is 0.378 e. The maximum absolute atomic E-state index is 12.2. The molecular weight excluding hydrogens is 338 g/mol. The lowest BCUT2D eigenvalue weighted by Crippen LogP contribution is -2.25. The Morgan fingerprint density at radius 3 is 2.95 bits per heavy atom. The molecule has 20 heavy (non-hydrogen) atoms. The average molecular weight is 354 g/mol. The highest BCUT2D eigenvalue weighted by Crippen LogP contribution is 2.30. The quantitative estimate of drug-likeness (QED) is 0.895. The first kappa shape index (κ1) is 13.8. The molecular formula is C14H16BrN3OS. The van der Waals surface area contributed by atoms with E-state index in [1.807, 2.05) is 0 Å². The van der Waals surface area contributed by atoms with Crippen LogP contribution < -0.4 is 10.9 Å². The molecule has 0 spiro atoms. The fourth-order valence-corrected chi connectivity index (χ4v) is 3.30. The van der Waals surface area contributed by atoms with Crippen molar-refractivity contribution in [2.45, 2.75) is 32.9 Å². The summed E-state index contributed by atoms with van der Waals surface area (Å²) in [7, 11) is 0. The number of aromatic nitrogens is 2. The Bertz CT molecular complexity index is 675. The molecule has 0 bridgehead atoms. The second-order valence-corrected chi connectivity index (χ2v) is 7.33. The van der Waals surface area contributed by atoms with Crippen molar-refractivity contribution >= 4 is 33.0 Å². The molecule has 2 heterocycles. The van der Waals surface area contributed by atoms with Gasteiger partial charge in [0.1, 0.15) is 4.47 Å². The topological polar surface area (TPSA) is 46.9 Å². The van der Waals surface area contributed by atoms with Crippen molar-refractivity contribution in [3.05, 3.63) is 42.9 Å². The smallest absolute Gasteiger partial charge is 0.283 e. The number of anilines is 1. The van der Waals surface area contributed by atoms with E-state index >= 15 is 0 Å². The third-order valence-corrected chi connectivity index (χ3v) is 5.13. The molecule has 6 heteroatoms. The molecule has 0 radical (unpaired) electrons. The molecule has 1 N–H and O–H groups in total. The van der Waals surface area contributed by atoms with Crippen molar-refractivity contribution in [2.24, 2.45) is 5.92 Å². The van der Waals surface area contributed by atoms with Gasteiger partial charge in [-0.1, -0.05) is 0 Å². The Kier molecular flexibility index (Phi) is 3.94. The molecule has 2 aromatic heterocycles. The minimum absolute atomic E-state index is 0.0516. The highest BCUT2D eigenvalue weighted by atomic mass is 79.9. The van der Waals surface area contributed by atoms with Crippen LogP contribution in [0.1, 0.15) is 22.6 Å². The van der Waals surface area contributed by atoms with E-state index in [2.05, 4.69) is 45.4 Å². The monoisotopic (exact) mass is 353 g/mol. The normalized spacial score (nSPS) is 14.5. The molecule has 1 fully saturated rings. The van der Waals surface area contributed by atoms with Crippen LogP contribution in [-0.4, -0.2) is 9.78 Å². The van der Waals surface area contributed by atoms with E-state index in [-0.39, 0.29) is 5.56 Å². The first-order valence-corrected chi connectivity index (χ1v) is 8.29. The summed E-state index contributed by atoms with van der Waals surface area (Å²) >= 11 is 5.14. The Hall–Kier alpha value is -1.14. The van der Waals surface area contributed by atoms with E-state index in [1.54, 1.807) is 22.2 Å². The second kappa shape index (κ2) is 5.69. The van der Waals surface area contributed by atoms with Gasteiger partial charge in [0.05, 0.1) is 11.9 Å². The number of hydrogen-bond donors (Lipinski definition) is 1. The number of hydrogen-bond acceptors (Lipinski definition) is 4. The van der Waals surface area contributed by atoms with Crippen LogP contribution in [0.15, 0.2) is 27.6 Å². The third-order valence-electron chi connectivity index (χ3n) is 3.36. The number of rotatable bonds is 5. The highest BCUT2D eigenvalue weighted by molar-refractivity contribution is 9.10. The molecule has 0 atom stereocenters. The van der Waals surface area contributed by atoms with Gasteiger partial charge in [0, 0.05) is 22.8 Å². The zero-order valence-electron chi connectivity index (χ0n) is 11.2. The van der Waals surface area contributed by atoms with E-state index in [1.165, 1.54) is 22.6 Å². The molecule has 0 aromatic carbocycles. The zero-order valence-corrected chi connectivity index (χ0v) is 13.6. The lowest BCUT2D eigenvalue weighted by atomic mass is 10.4. The maximum atomic E-state index is 12.2. The lowest BCUT2D eigenvalue weighted by molar-refractivity contribution is 0.532. The van der Waals surface area contributed by atoms with Gasteiger partial charge in [-0.3, -0.25) is 4.79 Å². The van der Waals surface area contributed by atoms with E-state index < -0.39 is 0 Å². The van der Waals surface area contributed by atoms with Crippen LogP contribution in [0.25, 0.3) is 0 Å². The first-order chi connectivity index (χ1) is 9.63. The standard InChI is InChI=1S/C14H16BrN3OS/c1-9-2-5-11(20-9)6-16-12-7-17-18(8-10-3-4-10)14(19)13(12)15/h2,5,7,10,16H,3-4,6,8H2,1H3. The SMILES string of the molecule is Cc1ccc(CNc2cnn(CC3CC3)c(=O)c2Br)s1. The summed E-state index contributed by atoms with van der Waals surface area (Å²) in [6.45, 7) is 3.54. The van der Waals surface area contributed by atoms with Crippen LogP contribution in [0.3, 0.4) is 0 Å². The molecule has 0 saturated heterocycles. The van der Waals surface area contributed by atoms with Crippen LogP contribution in [0.5, 0.6) is 0 Å². The maximum Gasteiger partial charge on any atom is 0.283 e. The predicted molar refractivity (Wildman–Crippen MR) is 85.3 cm³/mol. The number of aryl methyl sites for hydroxylation is 1. The molecule has 0 aliphatic heterocycles. The Labute approximate surface area is 130 Å². The predicted octanol–water partition coefficient (Wildman–Crippen LogP) is 3.40. The summed E-state index contributed by atoms with van der Waals surface area (Å²) in [5.74, 6) is 0.639. The van der Waals surface area contributed by atoms with Crippen molar-refractivity contribution in [1.82, 2.24) is 9.78 Å². The van der Waals surface area contributed by atoms with Gasteiger partial charge in [-0.15, -0.1) is 11.3 Å². The fraction of sp³-hybridized carbons (Fsp3) is 0.429. The molecule has 3 rings (SSSR count). The summed E-state index contributed by atoms with van der Waals surface area (Å²) in [5.41, 5.74) is 0.706. The zero-order chi connectivity index (χ0) is 14.1. The number of halogens is 1. The van der Waals surface area contributed by atoms with E-state index in [0.29, 0.717) is 16.9 Å². The van der Waals surface area contributed by atoms with Gasteiger partial charge >= 0.3 is 0 Å². The van der Waals surface area contributed by atoms with Crippen LogP contribution in [0.4, 0.5) is 5.69 Å². The summed E-state index contributed by atoms with van der Waals surface area (Å²) < 4.78 is 2.13. The van der Waals surface area contributed by atoms with Gasteiger partial charge in [-0.2, -0.15) is 5.10 Å². The van der Waals surface area contributed by atoms with Gasteiger partial charge in [0.25, 0.3) is 5.56 Å². The Balaban J connectivity index is 1.73. The van der Waals surface area contributed by atoms with Crippen molar-refractivity contribution in [2.75, 3.05) is 5.32 Å². The summed E-state index contributed by atoms with van der Waals surface area (Å²) in [6.07, 6.45) is 4.15. The van der Waals surface area contributed by atoms with Gasteiger partial charge in [0.2, 0.25) is 0 Å². The summed E-state index contributed by atoms with van der Waals surface area (Å²) in [6, 6.07) is 4.20. The highest BCUT2D eigenvalue weighted by Gasteiger charge is 2.23. The fourth-order valence-electron chi connectivity index (χ4n) is 2.03. The Morgan fingerprint density at radius 2 is 2.30 bits per heavy atom. The van der Waals surface area contributed by atoms with Gasteiger partial charge in [-0.05, 0) is 53.7 Å². The van der Waals surface area contributed by atoms with Crippen molar-refractivity contribution in [1.29, 1.82) is 0 Å². The third kappa shape index (κ3) is 3.12. The Morgan fingerprint density at radius 1 is 1.50 bits per heavy atom. The van der Waals surface area contributed by atoms with Crippen LogP contribution in [0, 0.1) is 12.8 Å².